The molecule has 6 heteroatoms. The molecular formula is C17H23N5O. The topological polar surface area (TPSA) is 54.3 Å². The molecule has 0 N–H and O–H groups in total. The molecule has 0 saturated carbocycles. The Bertz CT molecular complexity index is 613. The molecular weight excluding hydrogens is 290 g/mol. The molecule has 0 spiro atoms. The number of piperidine rings is 1. The Morgan fingerprint density at radius 3 is 3.04 bits per heavy atom. The van der Waals surface area contributed by atoms with Gasteiger partial charge in [-0.3, -0.25) is 4.79 Å². The van der Waals surface area contributed by atoms with Crippen molar-refractivity contribution in [2.45, 2.75) is 31.8 Å². The summed E-state index contributed by atoms with van der Waals surface area (Å²) in [5.41, 5.74) is 0. The first-order chi connectivity index (χ1) is 11.2. The first-order valence-electron chi connectivity index (χ1n) is 8.11. The summed E-state index contributed by atoms with van der Waals surface area (Å²) in [6.07, 6.45) is 9.83. The zero-order valence-electron chi connectivity index (χ0n) is 13.5. The Morgan fingerprint density at radius 1 is 1.39 bits per heavy atom. The minimum Gasteiger partial charge on any atom is -0.355 e. The van der Waals surface area contributed by atoms with Gasteiger partial charge < -0.3 is 14.4 Å². The van der Waals surface area contributed by atoms with Gasteiger partial charge >= 0.3 is 0 Å². The van der Waals surface area contributed by atoms with Crippen LogP contribution in [0.1, 0.15) is 19.3 Å². The molecule has 1 aliphatic rings. The van der Waals surface area contributed by atoms with Gasteiger partial charge in [0.1, 0.15) is 5.82 Å². The molecule has 1 atom stereocenters. The predicted octanol–water partition coefficient (Wildman–Crippen LogP) is 1.80. The smallest absolute Gasteiger partial charge is 0.224 e. The van der Waals surface area contributed by atoms with Crippen LogP contribution in [0.15, 0.2) is 43.1 Å². The molecule has 3 rings (SSSR count). The molecule has 1 aliphatic heterocycles. The van der Waals surface area contributed by atoms with Gasteiger partial charge in [0.25, 0.3) is 0 Å². The van der Waals surface area contributed by atoms with E-state index >= 15 is 0 Å². The van der Waals surface area contributed by atoms with Crippen LogP contribution < -0.4 is 4.90 Å². The third kappa shape index (κ3) is 3.88. The number of imidazole rings is 1. The van der Waals surface area contributed by atoms with Gasteiger partial charge in [-0.05, 0) is 25.0 Å². The van der Waals surface area contributed by atoms with Crippen LogP contribution in [0.4, 0.5) is 5.82 Å². The maximum Gasteiger partial charge on any atom is 0.224 e. The highest BCUT2D eigenvalue weighted by Gasteiger charge is 2.26. The number of amides is 1. The van der Waals surface area contributed by atoms with E-state index in [9.17, 15) is 4.79 Å². The fraction of sp³-hybridized carbons (Fsp3) is 0.471. The van der Waals surface area contributed by atoms with Crippen molar-refractivity contribution in [2.75, 3.05) is 25.0 Å². The van der Waals surface area contributed by atoms with E-state index in [0.717, 1.165) is 31.7 Å². The quantitative estimate of drug-likeness (QED) is 0.844. The van der Waals surface area contributed by atoms with E-state index in [1.807, 2.05) is 47.1 Å². The van der Waals surface area contributed by atoms with Crippen molar-refractivity contribution in [2.24, 2.45) is 0 Å². The lowest BCUT2D eigenvalue weighted by molar-refractivity contribution is -0.132. The summed E-state index contributed by atoms with van der Waals surface area (Å²) >= 11 is 0. The maximum atomic E-state index is 12.4. The first kappa shape index (κ1) is 15.5. The molecule has 1 amide bonds. The molecule has 1 fully saturated rings. The van der Waals surface area contributed by atoms with Crippen LogP contribution in [0.2, 0.25) is 0 Å². The van der Waals surface area contributed by atoms with Crippen LogP contribution in [0.25, 0.3) is 0 Å². The van der Waals surface area contributed by atoms with Crippen LogP contribution in [-0.4, -0.2) is 51.5 Å². The van der Waals surface area contributed by atoms with Gasteiger partial charge in [0.15, 0.2) is 0 Å². The van der Waals surface area contributed by atoms with Gasteiger partial charge in [-0.2, -0.15) is 0 Å². The van der Waals surface area contributed by atoms with E-state index in [2.05, 4.69) is 14.9 Å². The number of nitrogens with zero attached hydrogens (tertiary/aromatic N) is 5. The summed E-state index contributed by atoms with van der Waals surface area (Å²) in [5.74, 6) is 1.18. The number of pyridine rings is 1. The van der Waals surface area contributed by atoms with Crippen LogP contribution in [0.5, 0.6) is 0 Å². The van der Waals surface area contributed by atoms with Gasteiger partial charge in [0, 0.05) is 57.7 Å². The Labute approximate surface area is 136 Å². The molecule has 0 aliphatic carbocycles. The molecule has 0 radical (unpaired) electrons. The van der Waals surface area contributed by atoms with Crippen molar-refractivity contribution < 1.29 is 4.79 Å². The zero-order chi connectivity index (χ0) is 16.1. The van der Waals surface area contributed by atoms with Crippen LogP contribution in [0, 0.1) is 0 Å². The molecule has 23 heavy (non-hydrogen) atoms. The molecule has 0 unspecified atom stereocenters. The number of aromatic nitrogens is 3. The van der Waals surface area contributed by atoms with Gasteiger partial charge in [0.2, 0.25) is 5.91 Å². The number of anilines is 1. The van der Waals surface area contributed by atoms with Crippen molar-refractivity contribution in [3.63, 3.8) is 0 Å². The van der Waals surface area contributed by atoms with E-state index in [1.54, 1.807) is 12.5 Å². The normalized spacial score (nSPS) is 18.0. The molecule has 122 valence electrons. The summed E-state index contributed by atoms with van der Waals surface area (Å²) in [4.78, 5) is 25.0. The zero-order valence-corrected chi connectivity index (χ0v) is 13.5. The van der Waals surface area contributed by atoms with E-state index in [1.165, 1.54) is 0 Å². The third-order valence-corrected chi connectivity index (χ3v) is 4.45. The van der Waals surface area contributed by atoms with Gasteiger partial charge in [-0.15, -0.1) is 0 Å². The highest BCUT2D eigenvalue weighted by molar-refractivity contribution is 5.76. The lowest BCUT2D eigenvalue weighted by Crippen LogP contribution is -2.49. The fourth-order valence-electron chi connectivity index (χ4n) is 3.04. The number of carbonyl (C=O) groups is 1. The lowest BCUT2D eigenvalue weighted by atomic mass is 10.0. The highest BCUT2D eigenvalue weighted by Crippen LogP contribution is 2.20. The minimum absolute atomic E-state index is 0.187. The summed E-state index contributed by atoms with van der Waals surface area (Å²) in [5, 5.41) is 0. The molecule has 3 heterocycles. The highest BCUT2D eigenvalue weighted by atomic mass is 16.2. The van der Waals surface area contributed by atoms with E-state index in [4.69, 9.17) is 0 Å². The number of hydrogen-bond donors (Lipinski definition) is 0. The molecule has 0 aromatic carbocycles. The SMILES string of the molecule is CN(C(=O)CCn1ccnc1)[C@H]1CCCN(c2ccccn2)C1. The Hall–Kier alpha value is -2.37. The average Bonchev–Trinajstić information content (AvgIpc) is 3.13. The molecule has 0 bridgehead atoms. The van der Waals surface area contributed by atoms with Crippen LogP contribution >= 0.6 is 0 Å². The second kappa shape index (κ2) is 7.26. The van der Waals surface area contributed by atoms with E-state index < -0.39 is 0 Å². The lowest BCUT2D eigenvalue weighted by Gasteiger charge is -2.38. The van der Waals surface area contributed by atoms with Crippen molar-refractivity contribution in [1.29, 1.82) is 0 Å². The first-order valence-corrected chi connectivity index (χ1v) is 8.11. The standard InChI is InChI=1S/C17H23N5O/c1-20(17(23)7-11-21-12-9-18-14-21)15-5-4-10-22(13-15)16-6-2-3-8-19-16/h2-3,6,8-9,12,14-15H,4-5,7,10-11,13H2,1H3/t15-/m0/s1. The summed E-state index contributed by atoms with van der Waals surface area (Å²) in [6, 6.07) is 6.22. The Balaban J connectivity index is 1.56. The number of likely N-dealkylation sites (N-methyl/N-ethyl adjacent to an activating group) is 1. The van der Waals surface area contributed by atoms with Crippen molar-refractivity contribution in [3.8, 4) is 0 Å². The number of aryl methyl sites for hydroxylation is 1. The largest absolute Gasteiger partial charge is 0.355 e. The van der Waals surface area contributed by atoms with E-state index in [-0.39, 0.29) is 11.9 Å². The van der Waals surface area contributed by atoms with Crippen LogP contribution in [0.3, 0.4) is 0 Å². The molecule has 2 aromatic heterocycles. The van der Waals surface area contributed by atoms with Crippen molar-refractivity contribution in [1.82, 2.24) is 19.4 Å². The number of carbonyl (C=O) groups excluding carboxylic acids is 1. The average molecular weight is 313 g/mol. The second-order valence-corrected chi connectivity index (χ2v) is 5.99. The van der Waals surface area contributed by atoms with Gasteiger partial charge in [-0.25, -0.2) is 9.97 Å². The van der Waals surface area contributed by atoms with Crippen LogP contribution in [-0.2, 0) is 11.3 Å². The molecule has 1 saturated heterocycles. The Morgan fingerprint density at radius 2 is 2.30 bits per heavy atom. The van der Waals surface area contributed by atoms with Crippen molar-refractivity contribution in [3.05, 3.63) is 43.1 Å². The summed E-state index contributed by atoms with van der Waals surface area (Å²) in [6.45, 7) is 2.54. The van der Waals surface area contributed by atoms with Crippen molar-refractivity contribution >= 4 is 11.7 Å². The monoisotopic (exact) mass is 313 g/mol. The second-order valence-electron chi connectivity index (χ2n) is 5.99. The fourth-order valence-corrected chi connectivity index (χ4v) is 3.04. The Kier molecular flexibility index (Phi) is 4.90. The third-order valence-electron chi connectivity index (χ3n) is 4.45. The summed E-state index contributed by atoms with van der Waals surface area (Å²) < 4.78 is 1.94. The maximum absolute atomic E-state index is 12.4. The number of hydrogen-bond acceptors (Lipinski definition) is 4. The van der Waals surface area contributed by atoms with Gasteiger partial charge in [0.05, 0.1) is 6.33 Å². The predicted molar refractivity (Wildman–Crippen MR) is 89.1 cm³/mol. The molecule has 2 aromatic rings. The van der Waals surface area contributed by atoms with Gasteiger partial charge in [-0.1, -0.05) is 6.07 Å². The van der Waals surface area contributed by atoms with E-state index in [0.29, 0.717) is 13.0 Å². The number of rotatable bonds is 5. The molecule has 6 nitrogen and oxygen atoms in total. The summed E-state index contributed by atoms with van der Waals surface area (Å²) in [7, 11) is 1.92. The minimum atomic E-state index is 0.187.